The molecule has 0 bridgehead atoms. The number of hydrogen-bond acceptors (Lipinski definition) is 6. The summed E-state index contributed by atoms with van der Waals surface area (Å²) in [6, 6.07) is 0. The van der Waals surface area contributed by atoms with E-state index in [1.54, 1.807) is 31.7 Å². The molecule has 3 rings (SSSR count). The summed E-state index contributed by atoms with van der Waals surface area (Å²) in [5.41, 5.74) is 1.74. The van der Waals surface area contributed by atoms with Crippen LogP contribution in [0.15, 0.2) is 37.4 Å². The van der Waals surface area contributed by atoms with Crippen LogP contribution in [0.25, 0.3) is 0 Å². The Morgan fingerprint density at radius 1 is 0.727 bits per heavy atom. The molecule has 0 radical (unpaired) electrons. The minimum Gasteiger partial charge on any atom is -0.276 e. The Morgan fingerprint density at radius 3 is 1.42 bits per heavy atom. The molecule has 0 saturated heterocycles. The third kappa shape index (κ3) is 14.3. The molecule has 0 aliphatic carbocycles. The third-order valence-electron chi connectivity index (χ3n) is 3.40. The lowest BCUT2D eigenvalue weighted by atomic mass is 10.5. The van der Waals surface area contributed by atoms with Gasteiger partial charge in [-0.2, -0.15) is 0 Å². The minimum atomic E-state index is -0.00407. The van der Waals surface area contributed by atoms with Crippen molar-refractivity contribution in [2.45, 2.75) is 83.1 Å². The van der Waals surface area contributed by atoms with Gasteiger partial charge in [-0.05, 0) is 20.8 Å². The van der Waals surface area contributed by atoms with Gasteiger partial charge in [0.15, 0.2) is 0 Å². The average Bonchev–Trinajstić information content (AvgIpc) is 3.54. The molecular formula is C24H42N6O3. The smallest absolute Gasteiger partial charge is 0.228 e. The Morgan fingerprint density at radius 2 is 1.24 bits per heavy atom. The van der Waals surface area contributed by atoms with Gasteiger partial charge < -0.3 is 0 Å². The van der Waals surface area contributed by atoms with Gasteiger partial charge in [-0.3, -0.25) is 28.1 Å². The van der Waals surface area contributed by atoms with Gasteiger partial charge in [0.1, 0.15) is 18.5 Å². The van der Waals surface area contributed by atoms with Gasteiger partial charge in [-0.15, -0.1) is 0 Å². The molecule has 3 aromatic rings. The van der Waals surface area contributed by atoms with Crippen LogP contribution in [-0.2, 0) is 0 Å². The lowest BCUT2D eigenvalue weighted by Crippen LogP contribution is -2.05. The van der Waals surface area contributed by atoms with E-state index < -0.39 is 0 Å². The first-order valence-electron chi connectivity index (χ1n) is 11.2. The standard InChI is InChI=1S/3C6H8N2O.3C2H6/c1-5-3-8(4-7-5)6(2)9;1-5-3-7-4-8(5)6(2)9;1-5-7-3-4-8(5)6(2)9;3*1-2/h3*3-4H,1-2H3;3*1-2H3. The summed E-state index contributed by atoms with van der Waals surface area (Å²) < 4.78 is 4.45. The maximum atomic E-state index is 10.7. The summed E-state index contributed by atoms with van der Waals surface area (Å²) in [7, 11) is 0. The van der Waals surface area contributed by atoms with Crippen molar-refractivity contribution >= 4 is 17.7 Å². The van der Waals surface area contributed by atoms with Gasteiger partial charge in [0.05, 0.1) is 5.69 Å². The highest BCUT2D eigenvalue weighted by Gasteiger charge is 1.99. The van der Waals surface area contributed by atoms with Crippen molar-refractivity contribution in [3.63, 3.8) is 0 Å². The van der Waals surface area contributed by atoms with Crippen LogP contribution in [0, 0.1) is 20.8 Å². The molecule has 3 heterocycles. The molecule has 0 aliphatic rings. The predicted octanol–water partition coefficient (Wildman–Crippen LogP) is 5.63. The van der Waals surface area contributed by atoms with Gasteiger partial charge in [-0.25, -0.2) is 15.0 Å². The molecule has 0 saturated carbocycles. The normalized spacial score (nSPS) is 8.36. The maximum absolute atomic E-state index is 10.7. The Kier molecular flexibility index (Phi) is 21.3. The molecule has 0 amide bonds. The summed E-state index contributed by atoms with van der Waals surface area (Å²) in [6.07, 6.45) is 9.63. The highest BCUT2D eigenvalue weighted by Crippen LogP contribution is 1.94. The zero-order chi connectivity index (χ0) is 26.6. The van der Waals surface area contributed by atoms with Crippen molar-refractivity contribution in [2.24, 2.45) is 0 Å². The lowest BCUT2D eigenvalue weighted by Gasteiger charge is -1.94. The van der Waals surface area contributed by atoms with Crippen LogP contribution >= 0.6 is 0 Å². The molecule has 9 heteroatoms. The number of imidazole rings is 3. The Balaban J connectivity index is -0.000000367. The first kappa shape index (κ1) is 34.3. The topological polar surface area (TPSA) is 105 Å². The van der Waals surface area contributed by atoms with E-state index in [1.165, 1.54) is 47.1 Å². The maximum Gasteiger partial charge on any atom is 0.228 e. The molecule has 0 unspecified atom stereocenters. The monoisotopic (exact) mass is 462 g/mol. The van der Waals surface area contributed by atoms with Crippen molar-refractivity contribution in [3.05, 3.63) is 54.7 Å². The number of nitrogens with zero attached hydrogens (tertiary/aromatic N) is 6. The van der Waals surface area contributed by atoms with E-state index in [-0.39, 0.29) is 17.7 Å². The van der Waals surface area contributed by atoms with Gasteiger partial charge in [0.25, 0.3) is 0 Å². The molecule has 33 heavy (non-hydrogen) atoms. The Bertz CT molecular complexity index is 872. The van der Waals surface area contributed by atoms with E-state index in [4.69, 9.17) is 0 Å². The largest absolute Gasteiger partial charge is 0.276 e. The van der Waals surface area contributed by atoms with Gasteiger partial charge in [-0.1, -0.05) is 41.5 Å². The summed E-state index contributed by atoms with van der Waals surface area (Å²) in [4.78, 5) is 43.4. The van der Waals surface area contributed by atoms with E-state index in [9.17, 15) is 14.4 Å². The molecule has 0 aromatic carbocycles. The summed E-state index contributed by atoms with van der Waals surface area (Å²) >= 11 is 0. The number of hydrogen-bond donors (Lipinski definition) is 0. The fourth-order valence-corrected chi connectivity index (χ4v) is 1.99. The van der Waals surface area contributed by atoms with E-state index >= 15 is 0 Å². The number of rotatable bonds is 0. The fraction of sp³-hybridized carbons (Fsp3) is 0.500. The minimum absolute atomic E-state index is 0.00407. The first-order chi connectivity index (χ1) is 15.6. The van der Waals surface area contributed by atoms with Crippen LogP contribution < -0.4 is 0 Å². The van der Waals surface area contributed by atoms with Gasteiger partial charge in [0.2, 0.25) is 17.7 Å². The predicted molar refractivity (Wildman–Crippen MR) is 134 cm³/mol. The van der Waals surface area contributed by atoms with Crippen LogP contribution in [0.1, 0.15) is 93.9 Å². The van der Waals surface area contributed by atoms with Gasteiger partial charge >= 0.3 is 0 Å². The van der Waals surface area contributed by atoms with E-state index in [0.717, 1.165) is 17.2 Å². The van der Waals surface area contributed by atoms with Crippen LogP contribution in [0.3, 0.4) is 0 Å². The molecule has 3 aromatic heterocycles. The molecule has 0 spiro atoms. The number of carbonyl (C=O) groups excluding carboxylic acids is 3. The van der Waals surface area contributed by atoms with Gasteiger partial charge in [0, 0.05) is 51.3 Å². The van der Waals surface area contributed by atoms with Crippen molar-refractivity contribution in [1.82, 2.24) is 28.7 Å². The lowest BCUT2D eigenvalue weighted by molar-refractivity contribution is 0.0925. The Hall–Kier alpha value is -3.36. The highest BCUT2D eigenvalue weighted by atomic mass is 16.2. The van der Waals surface area contributed by atoms with Crippen molar-refractivity contribution in [3.8, 4) is 0 Å². The molecule has 186 valence electrons. The van der Waals surface area contributed by atoms with E-state index in [2.05, 4.69) is 15.0 Å². The van der Waals surface area contributed by atoms with Crippen molar-refractivity contribution in [1.29, 1.82) is 0 Å². The van der Waals surface area contributed by atoms with Crippen LogP contribution in [0.4, 0.5) is 0 Å². The quantitative estimate of drug-likeness (QED) is 0.428. The molecular weight excluding hydrogens is 420 g/mol. The van der Waals surface area contributed by atoms with Crippen molar-refractivity contribution in [2.75, 3.05) is 0 Å². The zero-order valence-corrected chi connectivity index (χ0v) is 22.4. The summed E-state index contributed by atoms with van der Waals surface area (Å²) in [6.45, 7) is 22.0. The molecule has 0 N–H and O–H groups in total. The zero-order valence-electron chi connectivity index (χ0n) is 22.4. The second-order valence-electron chi connectivity index (χ2n) is 5.73. The van der Waals surface area contributed by atoms with Crippen LogP contribution in [0.2, 0.25) is 0 Å². The molecule has 0 fully saturated rings. The first-order valence-corrected chi connectivity index (χ1v) is 11.2. The molecule has 0 atom stereocenters. The third-order valence-corrected chi connectivity index (χ3v) is 3.40. The van der Waals surface area contributed by atoms with Crippen LogP contribution in [0.5, 0.6) is 0 Å². The SMILES string of the molecule is CC.CC.CC.CC(=O)n1ccnc1C.CC(=O)n1cnc(C)c1.CC(=O)n1cncc1C. The fourth-order valence-electron chi connectivity index (χ4n) is 1.99. The number of carbonyl (C=O) groups is 3. The number of aromatic nitrogens is 6. The summed E-state index contributed by atoms with van der Waals surface area (Å²) in [5.74, 6) is 0.744. The van der Waals surface area contributed by atoms with Crippen LogP contribution in [-0.4, -0.2) is 46.4 Å². The highest BCUT2D eigenvalue weighted by molar-refractivity contribution is 5.77. The van der Waals surface area contributed by atoms with E-state index in [1.807, 2.05) is 55.4 Å². The molecule has 0 aliphatic heterocycles. The Labute approximate surface area is 198 Å². The summed E-state index contributed by atoms with van der Waals surface area (Å²) in [5, 5.41) is 0. The second kappa shape index (κ2) is 20.5. The number of aryl methyl sites for hydroxylation is 3. The van der Waals surface area contributed by atoms with E-state index in [0.29, 0.717) is 0 Å². The average molecular weight is 463 g/mol. The van der Waals surface area contributed by atoms with Crippen molar-refractivity contribution < 1.29 is 14.4 Å². The molecule has 9 nitrogen and oxygen atoms in total. The second-order valence-corrected chi connectivity index (χ2v) is 5.73.